The van der Waals surface area contributed by atoms with E-state index in [0.717, 1.165) is 17.0 Å². The average Bonchev–Trinajstić information content (AvgIpc) is 2.84. The van der Waals surface area contributed by atoms with Crippen LogP contribution in [0.1, 0.15) is 28.6 Å². The Balaban J connectivity index is 2.17. The van der Waals surface area contributed by atoms with Crippen LogP contribution in [-0.2, 0) is 6.54 Å². The van der Waals surface area contributed by atoms with Gasteiger partial charge in [-0.3, -0.25) is 4.79 Å². The number of furan rings is 1. The van der Waals surface area contributed by atoms with Gasteiger partial charge in [0.2, 0.25) is 0 Å². The zero-order chi connectivity index (χ0) is 15.4. The van der Waals surface area contributed by atoms with E-state index in [1.54, 1.807) is 18.4 Å². The molecule has 112 valence electrons. The number of nitrogens with two attached hydrogens (primary N) is 1. The van der Waals surface area contributed by atoms with Crippen LogP contribution in [0.2, 0.25) is 0 Å². The van der Waals surface area contributed by atoms with Crippen LogP contribution in [0.3, 0.4) is 0 Å². The van der Waals surface area contributed by atoms with Gasteiger partial charge < -0.3 is 20.4 Å². The molecule has 2 aromatic rings. The minimum Gasteiger partial charge on any atom is -0.469 e. The van der Waals surface area contributed by atoms with Crippen molar-refractivity contribution in [2.45, 2.75) is 20.4 Å². The van der Waals surface area contributed by atoms with Crippen LogP contribution in [-0.4, -0.2) is 19.5 Å². The Labute approximate surface area is 124 Å². The lowest BCUT2D eigenvalue weighted by molar-refractivity contribution is 0.0956. The molecule has 5 nitrogen and oxygen atoms in total. The second-order valence-corrected chi connectivity index (χ2v) is 4.99. The summed E-state index contributed by atoms with van der Waals surface area (Å²) in [5.41, 5.74) is 9.25. The highest BCUT2D eigenvalue weighted by atomic mass is 16.3. The first-order chi connectivity index (χ1) is 10.0. The first-order valence-corrected chi connectivity index (χ1v) is 6.94. The zero-order valence-electron chi connectivity index (χ0n) is 12.6. The van der Waals surface area contributed by atoms with E-state index in [2.05, 4.69) is 5.32 Å². The quantitative estimate of drug-likeness (QED) is 0.829. The molecule has 2 rings (SSSR count). The van der Waals surface area contributed by atoms with Gasteiger partial charge in [-0.15, -0.1) is 0 Å². The minimum absolute atomic E-state index is 0.107. The molecule has 5 heteroatoms. The van der Waals surface area contributed by atoms with E-state index in [4.69, 9.17) is 10.2 Å². The standard InChI is InChI=1S/C16H21N3O2/c1-4-18-16(20)12-5-6-15(14(17)9-12)19(3)10-13-7-8-21-11(13)2/h5-9H,4,10,17H2,1-3H3,(H,18,20). The van der Waals surface area contributed by atoms with Gasteiger partial charge in [-0.1, -0.05) is 0 Å². The van der Waals surface area contributed by atoms with Gasteiger partial charge in [0.05, 0.1) is 17.6 Å². The van der Waals surface area contributed by atoms with Gasteiger partial charge in [0.25, 0.3) is 5.91 Å². The van der Waals surface area contributed by atoms with Crippen molar-refractivity contribution < 1.29 is 9.21 Å². The summed E-state index contributed by atoms with van der Waals surface area (Å²) < 4.78 is 5.30. The van der Waals surface area contributed by atoms with Crippen molar-refractivity contribution in [2.75, 3.05) is 24.2 Å². The maximum absolute atomic E-state index is 11.8. The van der Waals surface area contributed by atoms with E-state index in [1.807, 2.05) is 37.9 Å². The third-order valence-corrected chi connectivity index (χ3v) is 3.41. The largest absolute Gasteiger partial charge is 0.469 e. The summed E-state index contributed by atoms with van der Waals surface area (Å²) in [6.07, 6.45) is 1.68. The first-order valence-electron chi connectivity index (χ1n) is 6.94. The molecule has 0 saturated heterocycles. The van der Waals surface area contributed by atoms with Crippen LogP contribution >= 0.6 is 0 Å². The fraction of sp³-hybridized carbons (Fsp3) is 0.312. The number of nitrogen functional groups attached to an aromatic ring is 1. The van der Waals surface area contributed by atoms with E-state index in [0.29, 0.717) is 24.3 Å². The van der Waals surface area contributed by atoms with Crippen molar-refractivity contribution in [3.05, 3.63) is 47.4 Å². The van der Waals surface area contributed by atoms with Crippen LogP contribution in [0, 0.1) is 6.92 Å². The van der Waals surface area contributed by atoms with E-state index >= 15 is 0 Å². The maximum Gasteiger partial charge on any atom is 0.251 e. The summed E-state index contributed by atoms with van der Waals surface area (Å²) in [6, 6.07) is 7.31. The van der Waals surface area contributed by atoms with Crippen LogP contribution < -0.4 is 16.0 Å². The van der Waals surface area contributed by atoms with Crippen molar-refractivity contribution in [3.8, 4) is 0 Å². The Hall–Kier alpha value is -2.43. The molecule has 0 saturated carbocycles. The molecule has 0 aliphatic carbocycles. The molecule has 1 heterocycles. The molecule has 1 amide bonds. The van der Waals surface area contributed by atoms with Crippen LogP contribution in [0.5, 0.6) is 0 Å². The highest BCUT2D eigenvalue weighted by Crippen LogP contribution is 2.25. The number of carbonyl (C=O) groups excluding carboxylic acids is 1. The van der Waals surface area contributed by atoms with Crippen molar-refractivity contribution in [1.29, 1.82) is 0 Å². The Morgan fingerprint density at radius 1 is 1.38 bits per heavy atom. The monoisotopic (exact) mass is 287 g/mol. The topological polar surface area (TPSA) is 71.5 Å². The van der Waals surface area contributed by atoms with Crippen LogP contribution in [0.4, 0.5) is 11.4 Å². The zero-order valence-corrected chi connectivity index (χ0v) is 12.6. The summed E-state index contributed by atoms with van der Waals surface area (Å²) in [5, 5.41) is 2.76. The molecule has 0 aliphatic rings. The second kappa shape index (κ2) is 6.35. The van der Waals surface area contributed by atoms with Gasteiger partial charge in [-0.2, -0.15) is 0 Å². The Kier molecular flexibility index (Phi) is 4.52. The minimum atomic E-state index is -0.107. The normalized spacial score (nSPS) is 10.4. The number of rotatable bonds is 5. The number of amides is 1. The van der Waals surface area contributed by atoms with Crippen molar-refractivity contribution in [1.82, 2.24) is 5.32 Å². The number of nitrogens with zero attached hydrogens (tertiary/aromatic N) is 1. The van der Waals surface area contributed by atoms with Crippen molar-refractivity contribution in [2.24, 2.45) is 0 Å². The molecule has 1 aromatic heterocycles. The summed E-state index contributed by atoms with van der Waals surface area (Å²) in [4.78, 5) is 13.8. The van der Waals surface area contributed by atoms with Gasteiger partial charge in [0.1, 0.15) is 5.76 Å². The molecular formula is C16H21N3O2. The smallest absolute Gasteiger partial charge is 0.251 e. The van der Waals surface area contributed by atoms with Gasteiger partial charge in [-0.25, -0.2) is 0 Å². The molecule has 0 aliphatic heterocycles. The molecular weight excluding hydrogens is 266 g/mol. The third kappa shape index (κ3) is 3.37. The summed E-state index contributed by atoms with van der Waals surface area (Å²) in [5.74, 6) is 0.795. The second-order valence-electron chi connectivity index (χ2n) is 4.99. The Bertz CT molecular complexity index is 634. The number of aryl methyl sites for hydroxylation is 1. The van der Waals surface area contributed by atoms with Gasteiger partial charge >= 0.3 is 0 Å². The van der Waals surface area contributed by atoms with Gasteiger partial charge in [0.15, 0.2) is 0 Å². The van der Waals surface area contributed by atoms with E-state index in [-0.39, 0.29) is 5.91 Å². The lowest BCUT2D eigenvalue weighted by Gasteiger charge is -2.21. The number of anilines is 2. The third-order valence-electron chi connectivity index (χ3n) is 3.41. The SMILES string of the molecule is CCNC(=O)c1ccc(N(C)Cc2ccoc2C)c(N)c1. The number of hydrogen-bond donors (Lipinski definition) is 2. The Morgan fingerprint density at radius 3 is 2.71 bits per heavy atom. The summed E-state index contributed by atoms with van der Waals surface area (Å²) in [7, 11) is 1.96. The van der Waals surface area contributed by atoms with Crippen LogP contribution in [0.15, 0.2) is 34.9 Å². The van der Waals surface area contributed by atoms with Gasteiger partial charge in [-0.05, 0) is 38.1 Å². The highest BCUT2D eigenvalue weighted by Gasteiger charge is 2.12. The highest BCUT2D eigenvalue weighted by molar-refractivity contribution is 5.96. The predicted molar refractivity (Wildman–Crippen MR) is 84.4 cm³/mol. The molecule has 21 heavy (non-hydrogen) atoms. The van der Waals surface area contributed by atoms with Crippen molar-refractivity contribution in [3.63, 3.8) is 0 Å². The molecule has 0 unspecified atom stereocenters. The average molecular weight is 287 g/mol. The van der Waals surface area contributed by atoms with E-state index < -0.39 is 0 Å². The first kappa shape index (κ1) is 15.0. The molecule has 0 spiro atoms. The van der Waals surface area contributed by atoms with Crippen LogP contribution in [0.25, 0.3) is 0 Å². The fourth-order valence-corrected chi connectivity index (χ4v) is 2.22. The van der Waals surface area contributed by atoms with Gasteiger partial charge in [0, 0.05) is 31.3 Å². The molecule has 0 bridgehead atoms. The lowest BCUT2D eigenvalue weighted by atomic mass is 10.1. The Morgan fingerprint density at radius 2 is 2.14 bits per heavy atom. The molecule has 3 N–H and O–H groups in total. The fourth-order valence-electron chi connectivity index (χ4n) is 2.22. The summed E-state index contributed by atoms with van der Waals surface area (Å²) >= 11 is 0. The maximum atomic E-state index is 11.8. The number of hydrogen-bond acceptors (Lipinski definition) is 4. The number of carbonyl (C=O) groups is 1. The van der Waals surface area contributed by atoms with Crippen molar-refractivity contribution >= 4 is 17.3 Å². The molecule has 1 aromatic carbocycles. The predicted octanol–water partition coefficient (Wildman–Crippen LogP) is 2.56. The molecule has 0 radical (unpaired) electrons. The number of benzene rings is 1. The lowest BCUT2D eigenvalue weighted by Crippen LogP contribution is -2.23. The molecule has 0 atom stereocenters. The summed E-state index contributed by atoms with van der Waals surface area (Å²) in [6.45, 7) is 5.12. The van der Waals surface area contributed by atoms with E-state index in [1.165, 1.54) is 0 Å². The molecule has 0 fully saturated rings. The number of nitrogens with one attached hydrogen (secondary N) is 1. The van der Waals surface area contributed by atoms with E-state index in [9.17, 15) is 4.79 Å².